The van der Waals surface area contributed by atoms with Gasteiger partial charge in [0.1, 0.15) is 5.82 Å². The van der Waals surface area contributed by atoms with Crippen molar-refractivity contribution in [1.29, 1.82) is 0 Å². The van der Waals surface area contributed by atoms with Crippen molar-refractivity contribution in [2.75, 3.05) is 6.54 Å². The van der Waals surface area contributed by atoms with Gasteiger partial charge in [0.05, 0.1) is 0 Å². The Balaban J connectivity index is 2.46. The lowest BCUT2D eigenvalue weighted by molar-refractivity contribution is 0.500. The van der Waals surface area contributed by atoms with E-state index in [4.69, 9.17) is 0 Å². The van der Waals surface area contributed by atoms with Gasteiger partial charge in [0, 0.05) is 24.9 Å². The smallest absolute Gasteiger partial charge is 0.129 e. The van der Waals surface area contributed by atoms with Crippen LogP contribution in [0.3, 0.4) is 0 Å². The van der Waals surface area contributed by atoms with Crippen LogP contribution in [0.1, 0.15) is 26.1 Å². The molecule has 1 aromatic heterocycles. The summed E-state index contributed by atoms with van der Waals surface area (Å²) in [4.78, 5) is 8.40. The predicted molar refractivity (Wildman–Crippen MR) is 53.5 cm³/mol. The minimum atomic E-state index is 0.507. The molecule has 13 heavy (non-hydrogen) atoms. The molecule has 0 aliphatic heterocycles. The van der Waals surface area contributed by atoms with Gasteiger partial charge >= 0.3 is 0 Å². The number of hydrogen-bond acceptors (Lipinski definition) is 3. The molecule has 0 bridgehead atoms. The van der Waals surface area contributed by atoms with E-state index in [1.807, 2.05) is 6.07 Å². The van der Waals surface area contributed by atoms with Crippen molar-refractivity contribution >= 4 is 0 Å². The first-order valence-corrected chi connectivity index (χ1v) is 4.86. The van der Waals surface area contributed by atoms with Gasteiger partial charge in [0.2, 0.25) is 0 Å². The molecule has 3 heteroatoms. The monoisotopic (exact) mass is 179 g/mol. The summed E-state index contributed by atoms with van der Waals surface area (Å²) in [7, 11) is 0. The van der Waals surface area contributed by atoms with Crippen LogP contribution in [0, 0.1) is 0 Å². The maximum Gasteiger partial charge on any atom is 0.129 e. The second-order valence-electron chi connectivity index (χ2n) is 3.03. The quantitative estimate of drug-likeness (QED) is 0.742. The highest BCUT2D eigenvalue weighted by Crippen LogP contribution is 1.99. The Bertz CT molecular complexity index is 223. The average Bonchev–Trinajstić information content (AvgIpc) is 2.19. The fourth-order valence-electron chi connectivity index (χ4n) is 1.31. The minimum absolute atomic E-state index is 0.507. The van der Waals surface area contributed by atoms with E-state index >= 15 is 0 Å². The molecule has 1 rings (SSSR count). The van der Waals surface area contributed by atoms with Crippen molar-refractivity contribution in [2.45, 2.75) is 32.7 Å². The Morgan fingerprint density at radius 3 is 2.54 bits per heavy atom. The topological polar surface area (TPSA) is 37.8 Å². The molecule has 1 N–H and O–H groups in total. The van der Waals surface area contributed by atoms with Gasteiger partial charge in [-0.3, -0.25) is 0 Å². The highest BCUT2D eigenvalue weighted by Gasteiger charge is 2.06. The molecule has 0 saturated heterocycles. The van der Waals surface area contributed by atoms with Crippen LogP contribution in [-0.2, 0) is 6.42 Å². The van der Waals surface area contributed by atoms with Crippen LogP contribution in [-0.4, -0.2) is 22.6 Å². The van der Waals surface area contributed by atoms with Crippen molar-refractivity contribution in [1.82, 2.24) is 15.3 Å². The summed E-state index contributed by atoms with van der Waals surface area (Å²) in [6.45, 7) is 5.30. The molecule has 0 spiro atoms. The third kappa shape index (κ3) is 3.51. The zero-order valence-corrected chi connectivity index (χ0v) is 8.33. The second-order valence-corrected chi connectivity index (χ2v) is 3.03. The van der Waals surface area contributed by atoms with Crippen molar-refractivity contribution in [2.24, 2.45) is 0 Å². The summed E-state index contributed by atoms with van der Waals surface area (Å²) in [5, 5.41) is 3.40. The predicted octanol–water partition coefficient (Wildman–Crippen LogP) is 1.41. The number of likely N-dealkylation sites (N-methyl/N-ethyl adjacent to an activating group) is 1. The summed E-state index contributed by atoms with van der Waals surface area (Å²) in [5.41, 5.74) is 0. The molecule has 0 amide bonds. The van der Waals surface area contributed by atoms with Crippen LogP contribution in [0.2, 0.25) is 0 Å². The summed E-state index contributed by atoms with van der Waals surface area (Å²) < 4.78 is 0. The van der Waals surface area contributed by atoms with Crippen molar-refractivity contribution in [3.8, 4) is 0 Å². The molecule has 72 valence electrons. The Morgan fingerprint density at radius 1 is 1.31 bits per heavy atom. The first-order valence-electron chi connectivity index (χ1n) is 4.86. The zero-order chi connectivity index (χ0) is 9.52. The number of nitrogens with one attached hydrogen (secondary N) is 1. The first-order chi connectivity index (χ1) is 6.36. The van der Waals surface area contributed by atoms with E-state index in [1.54, 1.807) is 12.4 Å². The molecule has 1 aromatic rings. The lowest BCUT2D eigenvalue weighted by atomic mass is 10.1. The van der Waals surface area contributed by atoms with E-state index in [-0.39, 0.29) is 0 Å². The average molecular weight is 179 g/mol. The SMILES string of the molecule is CCNC(CC)Cc1ncccn1. The Hall–Kier alpha value is -0.960. The Morgan fingerprint density at radius 2 is 2.00 bits per heavy atom. The maximum absolute atomic E-state index is 4.20. The normalized spacial score (nSPS) is 12.8. The van der Waals surface area contributed by atoms with E-state index in [0.29, 0.717) is 6.04 Å². The highest BCUT2D eigenvalue weighted by atomic mass is 14.9. The van der Waals surface area contributed by atoms with Gasteiger partial charge in [-0.1, -0.05) is 13.8 Å². The van der Waals surface area contributed by atoms with E-state index in [1.165, 1.54) is 0 Å². The van der Waals surface area contributed by atoms with Gasteiger partial charge in [-0.25, -0.2) is 9.97 Å². The fourth-order valence-corrected chi connectivity index (χ4v) is 1.31. The molecule has 0 saturated carbocycles. The molecule has 0 aliphatic carbocycles. The summed E-state index contributed by atoms with van der Waals surface area (Å²) >= 11 is 0. The molecule has 0 fully saturated rings. The number of nitrogens with zero attached hydrogens (tertiary/aromatic N) is 2. The third-order valence-corrected chi connectivity index (χ3v) is 2.03. The van der Waals surface area contributed by atoms with E-state index in [2.05, 4.69) is 29.1 Å². The van der Waals surface area contributed by atoms with Gasteiger partial charge in [-0.05, 0) is 19.0 Å². The van der Waals surface area contributed by atoms with Crippen molar-refractivity contribution in [3.63, 3.8) is 0 Å². The van der Waals surface area contributed by atoms with Crippen LogP contribution in [0.4, 0.5) is 0 Å². The highest BCUT2D eigenvalue weighted by molar-refractivity contribution is 4.91. The summed E-state index contributed by atoms with van der Waals surface area (Å²) in [5.74, 6) is 0.926. The Kier molecular flexibility index (Phi) is 4.40. The van der Waals surface area contributed by atoms with Gasteiger partial charge in [0.15, 0.2) is 0 Å². The molecule has 1 unspecified atom stereocenters. The lowest BCUT2D eigenvalue weighted by Crippen LogP contribution is -2.30. The lowest BCUT2D eigenvalue weighted by Gasteiger charge is -2.13. The standard InChI is InChI=1S/C10H17N3/c1-3-9(11-4-2)8-10-12-6-5-7-13-10/h5-7,9,11H,3-4,8H2,1-2H3. The third-order valence-electron chi connectivity index (χ3n) is 2.03. The fraction of sp³-hybridized carbons (Fsp3) is 0.600. The van der Waals surface area contributed by atoms with Crippen LogP contribution in [0.15, 0.2) is 18.5 Å². The molecule has 0 aromatic carbocycles. The van der Waals surface area contributed by atoms with Gasteiger partial charge in [-0.2, -0.15) is 0 Å². The van der Waals surface area contributed by atoms with Crippen LogP contribution in [0.25, 0.3) is 0 Å². The van der Waals surface area contributed by atoms with E-state index < -0.39 is 0 Å². The molecular weight excluding hydrogens is 162 g/mol. The van der Waals surface area contributed by atoms with Crippen LogP contribution < -0.4 is 5.32 Å². The Labute approximate surface area is 79.6 Å². The molecule has 1 heterocycles. The second kappa shape index (κ2) is 5.65. The van der Waals surface area contributed by atoms with Gasteiger partial charge in [0.25, 0.3) is 0 Å². The molecule has 1 atom stereocenters. The molecular formula is C10H17N3. The van der Waals surface area contributed by atoms with Crippen molar-refractivity contribution < 1.29 is 0 Å². The van der Waals surface area contributed by atoms with E-state index in [9.17, 15) is 0 Å². The first kappa shape index (κ1) is 10.1. The molecule has 0 aliphatic rings. The summed E-state index contributed by atoms with van der Waals surface area (Å²) in [6, 6.07) is 2.35. The zero-order valence-electron chi connectivity index (χ0n) is 8.33. The number of hydrogen-bond donors (Lipinski definition) is 1. The van der Waals surface area contributed by atoms with Gasteiger partial charge in [-0.15, -0.1) is 0 Å². The van der Waals surface area contributed by atoms with Crippen LogP contribution >= 0.6 is 0 Å². The van der Waals surface area contributed by atoms with Gasteiger partial charge < -0.3 is 5.32 Å². The molecule has 3 nitrogen and oxygen atoms in total. The number of aromatic nitrogens is 2. The maximum atomic E-state index is 4.20. The van der Waals surface area contributed by atoms with E-state index in [0.717, 1.165) is 25.2 Å². The van der Waals surface area contributed by atoms with Crippen molar-refractivity contribution in [3.05, 3.63) is 24.3 Å². The summed E-state index contributed by atoms with van der Waals surface area (Å²) in [6.07, 6.45) is 5.62. The number of rotatable bonds is 5. The largest absolute Gasteiger partial charge is 0.314 e. The van der Waals surface area contributed by atoms with Crippen LogP contribution in [0.5, 0.6) is 0 Å². The molecule has 0 radical (unpaired) electrons. The minimum Gasteiger partial charge on any atom is -0.314 e.